The van der Waals surface area contributed by atoms with Crippen molar-refractivity contribution in [2.24, 2.45) is 0 Å². The van der Waals surface area contributed by atoms with Gasteiger partial charge in [0, 0.05) is 32.5 Å². The Morgan fingerprint density at radius 3 is 1.67 bits per heavy atom. The molecule has 0 N–H and O–H groups in total. The Morgan fingerprint density at radius 2 is 1.07 bits per heavy atom. The van der Waals surface area contributed by atoms with Gasteiger partial charge in [0.1, 0.15) is 0 Å². The zero-order valence-electron chi connectivity index (χ0n) is 16.9. The van der Waals surface area contributed by atoms with Crippen LogP contribution < -0.4 is 4.90 Å². The fourth-order valence-electron chi connectivity index (χ4n) is 4.46. The fraction of sp³-hybridized carbons (Fsp3) is 0.111. The molecule has 1 aliphatic carbocycles. The first-order valence-corrected chi connectivity index (χ1v) is 10.8. The summed E-state index contributed by atoms with van der Waals surface area (Å²) in [5.41, 5.74) is 8.52. The van der Waals surface area contributed by atoms with Gasteiger partial charge in [-0.1, -0.05) is 67.4 Å². The Labute approximate surface area is 187 Å². The molecule has 0 atom stereocenters. The third kappa shape index (κ3) is 3.10. The summed E-state index contributed by atoms with van der Waals surface area (Å²) in [5, 5.41) is 1.45. The molecule has 0 saturated carbocycles. The maximum atomic E-state index is 6.16. The molecule has 1 nitrogen and oxygen atoms in total. The van der Waals surface area contributed by atoms with Crippen LogP contribution in [0.1, 0.15) is 25.0 Å². The lowest BCUT2D eigenvalue weighted by atomic mass is 9.82. The SMILES string of the molecule is CC1(C)c2ccccc2-c2ccc(N(c3ccc(Cl)cc3)c3ccc(Cl)cc3)cc21. The highest BCUT2D eigenvalue weighted by atomic mass is 35.5. The first kappa shape index (κ1) is 19.2. The number of fused-ring (bicyclic) bond motifs is 3. The van der Waals surface area contributed by atoms with Gasteiger partial charge in [-0.15, -0.1) is 0 Å². The largest absolute Gasteiger partial charge is 0.310 e. The van der Waals surface area contributed by atoms with Gasteiger partial charge in [-0.3, -0.25) is 0 Å². The quantitative estimate of drug-likeness (QED) is 0.314. The molecule has 0 aromatic heterocycles. The van der Waals surface area contributed by atoms with Crippen LogP contribution in [0.4, 0.5) is 17.1 Å². The molecule has 0 aliphatic heterocycles. The molecule has 1 aliphatic rings. The highest BCUT2D eigenvalue weighted by molar-refractivity contribution is 6.31. The van der Waals surface area contributed by atoms with E-state index in [4.69, 9.17) is 23.2 Å². The zero-order chi connectivity index (χ0) is 20.9. The van der Waals surface area contributed by atoms with Crippen molar-refractivity contribution >= 4 is 40.3 Å². The summed E-state index contributed by atoms with van der Waals surface area (Å²) in [6, 6.07) is 31.3. The number of halogens is 2. The first-order chi connectivity index (χ1) is 14.4. The van der Waals surface area contributed by atoms with Crippen LogP contribution in [-0.2, 0) is 5.41 Å². The number of rotatable bonds is 3. The van der Waals surface area contributed by atoms with E-state index >= 15 is 0 Å². The van der Waals surface area contributed by atoms with E-state index in [9.17, 15) is 0 Å². The van der Waals surface area contributed by atoms with Gasteiger partial charge in [0.25, 0.3) is 0 Å². The predicted molar refractivity (Wildman–Crippen MR) is 129 cm³/mol. The van der Waals surface area contributed by atoms with E-state index in [2.05, 4.69) is 61.2 Å². The van der Waals surface area contributed by atoms with Crippen LogP contribution in [0, 0.1) is 0 Å². The van der Waals surface area contributed by atoms with Gasteiger partial charge in [-0.2, -0.15) is 0 Å². The van der Waals surface area contributed by atoms with Crippen LogP contribution in [0.15, 0.2) is 91.0 Å². The van der Waals surface area contributed by atoms with Crippen LogP contribution in [0.2, 0.25) is 10.0 Å². The van der Waals surface area contributed by atoms with Crippen molar-refractivity contribution in [2.45, 2.75) is 19.3 Å². The molecule has 5 rings (SSSR count). The van der Waals surface area contributed by atoms with Gasteiger partial charge >= 0.3 is 0 Å². The average molecular weight is 430 g/mol. The molecule has 0 spiro atoms. The molecule has 0 unspecified atom stereocenters. The molecule has 148 valence electrons. The van der Waals surface area contributed by atoms with Gasteiger partial charge in [0.2, 0.25) is 0 Å². The van der Waals surface area contributed by atoms with E-state index in [-0.39, 0.29) is 5.41 Å². The number of benzene rings is 4. The second-order valence-corrected chi connectivity index (χ2v) is 9.06. The minimum atomic E-state index is -0.0480. The molecule has 0 saturated heterocycles. The molecule has 0 radical (unpaired) electrons. The third-order valence-corrected chi connectivity index (χ3v) is 6.50. The van der Waals surface area contributed by atoms with Crippen LogP contribution in [0.3, 0.4) is 0 Å². The maximum Gasteiger partial charge on any atom is 0.0465 e. The van der Waals surface area contributed by atoms with Crippen molar-refractivity contribution in [3.05, 3.63) is 112 Å². The molecule has 30 heavy (non-hydrogen) atoms. The van der Waals surface area contributed by atoms with Gasteiger partial charge in [0.05, 0.1) is 0 Å². The average Bonchev–Trinajstić information content (AvgIpc) is 2.98. The monoisotopic (exact) mass is 429 g/mol. The summed E-state index contributed by atoms with van der Waals surface area (Å²) in [7, 11) is 0. The smallest absolute Gasteiger partial charge is 0.0465 e. The molecule has 4 aromatic carbocycles. The Bertz CT molecular complexity index is 1180. The van der Waals surface area contributed by atoms with Crippen LogP contribution >= 0.6 is 23.2 Å². The highest BCUT2D eigenvalue weighted by Gasteiger charge is 2.35. The van der Waals surface area contributed by atoms with E-state index in [0.29, 0.717) is 0 Å². The Hall–Kier alpha value is -2.74. The van der Waals surface area contributed by atoms with E-state index in [0.717, 1.165) is 27.1 Å². The van der Waals surface area contributed by atoms with Gasteiger partial charge < -0.3 is 4.90 Å². The lowest BCUT2D eigenvalue weighted by Crippen LogP contribution is -2.16. The summed E-state index contributed by atoms with van der Waals surface area (Å²) >= 11 is 12.3. The van der Waals surface area contributed by atoms with Crippen molar-refractivity contribution in [2.75, 3.05) is 4.90 Å². The minimum Gasteiger partial charge on any atom is -0.310 e. The molecule has 0 amide bonds. The van der Waals surface area contributed by atoms with E-state index in [1.54, 1.807) is 0 Å². The fourth-order valence-corrected chi connectivity index (χ4v) is 4.71. The first-order valence-electron chi connectivity index (χ1n) is 10.0. The minimum absolute atomic E-state index is 0.0480. The van der Waals surface area contributed by atoms with Gasteiger partial charge in [-0.25, -0.2) is 0 Å². The lowest BCUT2D eigenvalue weighted by molar-refractivity contribution is 0.660. The predicted octanol–water partition coefficient (Wildman–Crippen LogP) is 8.77. The van der Waals surface area contributed by atoms with Crippen molar-refractivity contribution in [1.82, 2.24) is 0 Å². The third-order valence-electron chi connectivity index (χ3n) is 5.99. The Morgan fingerprint density at radius 1 is 0.567 bits per heavy atom. The zero-order valence-corrected chi connectivity index (χ0v) is 18.4. The van der Waals surface area contributed by atoms with Crippen molar-refractivity contribution in [3.8, 4) is 11.1 Å². The molecular formula is C27H21Cl2N. The van der Waals surface area contributed by atoms with Crippen molar-refractivity contribution in [1.29, 1.82) is 0 Å². The Kier molecular flexibility index (Phi) is 4.61. The molecule has 0 bridgehead atoms. The lowest BCUT2D eigenvalue weighted by Gasteiger charge is -2.28. The summed E-state index contributed by atoms with van der Waals surface area (Å²) in [6.45, 7) is 4.60. The van der Waals surface area contributed by atoms with E-state index < -0.39 is 0 Å². The number of nitrogens with zero attached hydrogens (tertiary/aromatic N) is 1. The van der Waals surface area contributed by atoms with Crippen LogP contribution in [0.25, 0.3) is 11.1 Å². The van der Waals surface area contributed by atoms with Crippen LogP contribution in [0.5, 0.6) is 0 Å². The molecular weight excluding hydrogens is 409 g/mol. The molecule has 3 heteroatoms. The summed E-state index contributed by atoms with van der Waals surface area (Å²) in [6.07, 6.45) is 0. The molecule has 0 fully saturated rings. The van der Waals surface area contributed by atoms with Crippen molar-refractivity contribution in [3.63, 3.8) is 0 Å². The van der Waals surface area contributed by atoms with E-state index in [1.165, 1.54) is 22.3 Å². The summed E-state index contributed by atoms with van der Waals surface area (Å²) < 4.78 is 0. The van der Waals surface area contributed by atoms with Gasteiger partial charge in [-0.05, 0) is 82.9 Å². The van der Waals surface area contributed by atoms with Crippen molar-refractivity contribution < 1.29 is 0 Å². The van der Waals surface area contributed by atoms with Gasteiger partial charge in [0.15, 0.2) is 0 Å². The summed E-state index contributed by atoms with van der Waals surface area (Å²) in [4.78, 5) is 2.24. The number of anilines is 3. The standard InChI is InChI=1S/C27H21Cl2N/c1-27(2)25-6-4-3-5-23(25)24-16-15-22(17-26(24)27)30(20-11-7-18(28)8-12-20)21-13-9-19(29)10-14-21/h3-17H,1-2H3. The normalized spacial score (nSPS) is 13.6. The second-order valence-electron chi connectivity index (χ2n) is 8.19. The van der Waals surface area contributed by atoms with Crippen LogP contribution in [-0.4, -0.2) is 0 Å². The van der Waals surface area contributed by atoms with E-state index in [1.807, 2.05) is 48.5 Å². The maximum absolute atomic E-state index is 6.16. The highest BCUT2D eigenvalue weighted by Crippen LogP contribution is 2.50. The molecule has 0 heterocycles. The Balaban J connectivity index is 1.69. The number of hydrogen-bond acceptors (Lipinski definition) is 1. The topological polar surface area (TPSA) is 3.24 Å². The number of hydrogen-bond donors (Lipinski definition) is 0. The molecule has 4 aromatic rings. The summed E-state index contributed by atoms with van der Waals surface area (Å²) in [5.74, 6) is 0. The second kappa shape index (κ2) is 7.19.